The van der Waals surface area contributed by atoms with Gasteiger partial charge in [-0.15, -0.1) is 0 Å². The van der Waals surface area contributed by atoms with E-state index in [9.17, 15) is 28.0 Å². The molecular formula is C24H30F2N2O5. The zero-order valence-electron chi connectivity index (χ0n) is 18.7. The van der Waals surface area contributed by atoms with Crippen molar-refractivity contribution in [3.63, 3.8) is 0 Å². The number of hydrogen-bond acceptors (Lipinski definition) is 5. The number of aryl methyl sites for hydroxylation is 1. The largest absolute Gasteiger partial charge is 0.467 e. The van der Waals surface area contributed by atoms with E-state index in [1.54, 1.807) is 0 Å². The van der Waals surface area contributed by atoms with Gasteiger partial charge in [0, 0.05) is 37.3 Å². The van der Waals surface area contributed by atoms with Gasteiger partial charge in [-0.1, -0.05) is 12.8 Å². The first-order valence-electron chi connectivity index (χ1n) is 11.4. The summed E-state index contributed by atoms with van der Waals surface area (Å²) in [6.45, 7) is 0.527. The van der Waals surface area contributed by atoms with Crippen molar-refractivity contribution in [3.05, 3.63) is 35.4 Å². The molecule has 3 rings (SSSR count). The molecule has 2 aliphatic rings. The number of ether oxygens (including phenoxy) is 1. The van der Waals surface area contributed by atoms with Crippen LogP contribution >= 0.6 is 0 Å². The highest BCUT2D eigenvalue weighted by Gasteiger charge is 2.35. The number of carbonyl (C=O) groups is 4. The summed E-state index contributed by atoms with van der Waals surface area (Å²) in [5.41, 5.74) is 0.379. The fraction of sp³-hybridized carbons (Fsp3) is 0.583. The lowest BCUT2D eigenvalue weighted by Gasteiger charge is -2.22. The summed E-state index contributed by atoms with van der Waals surface area (Å²) >= 11 is 0. The van der Waals surface area contributed by atoms with E-state index in [1.807, 2.05) is 0 Å². The fourth-order valence-corrected chi connectivity index (χ4v) is 4.26. The topological polar surface area (TPSA) is 102 Å². The van der Waals surface area contributed by atoms with Crippen molar-refractivity contribution < 1.29 is 32.7 Å². The van der Waals surface area contributed by atoms with E-state index < -0.39 is 35.5 Å². The van der Waals surface area contributed by atoms with E-state index in [1.165, 1.54) is 19.2 Å². The zero-order valence-corrected chi connectivity index (χ0v) is 18.7. The van der Waals surface area contributed by atoms with Gasteiger partial charge < -0.3 is 15.4 Å². The van der Waals surface area contributed by atoms with Crippen molar-refractivity contribution >= 4 is 23.6 Å². The van der Waals surface area contributed by atoms with Crippen LogP contribution < -0.4 is 10.6 Å². The first-order chi connectivity index (χ1) is 15.7. The molecule has 0 spiro atoms. The van der Waals surface area contributed by atoms with Crippen molar-refractivity contribution in [2.24, 2.45) is 17.8 Å². The number of ketones is 1. The van der Waals surface area contributed by atoms with Crippen LogP contribution in [0, 0.1) is 29.4 Å². The second-order valence-corrected chi connectivity index (χ2v) is 8.99. The van der Waals surface area contributed by atoms with E-state index in [0.717, 1.165) is 18.9 Å². The molecule has 9 heteroatoms. The third-order valence-corrected chi connectivity index (χ3v) is 6.26. The Balaban J connectivity index is 1.59. The Labute approximate surface area is 191 Å². The summed E-state index contributed by atoms with van der Waals surface area (Å²) in [5.74, 6) is -3.43. The number of methoxy groups -OCH3 is 1. The maximum absolute atomic E-state index is 13.4. The van der Waals surface area contributed by atoms with Crippen LogP contribution in [0.1, 0.15) is 50.5 Å². The molecule has 2 amide bonds. The molecule has 1 aromatic rings. The second-order valence-electron chi connectivity index (χ2n) is 8.99. The number of esters is 1. The van der Waals surface area contributed by atoms with Crippen molar-refractivity contribution in [1.29, 1.82) is 0 Å². The zero-order chi connectivity index (χ0) is 24.0. The maximum Gasteiger partial charge on any atom is 0.328 e. The van der Waals surface area contributed by atoms with Gasteiger partial charge in [-0.3, -0.25) is 14.4 Å². The molecular weight excluding hydrogens is 434 g/mol. The Morgan fingerprint density at radius 3 is 2.39 bits per heavy atom. The SMILES string of the molecule is COC(=O)[C@H](C[C@@H]1CCNC1=O)NC(=O)[C@@H](CC(=O)CCc1cc(F)cc(F)c1)CC1CC1. The highest BCUT2D eigenvalue weighted by atomic mass is 19.1. The van der Waals surface area contributed by atoms with Gasteiger partial charge in [-0.25, -0.2) is 13.6 Å². The number of halogens is 2. The summed E-state index contributed by atoms with van der Waals surface area (Å²) in [7, 11) is 1.22. The minimum Gasteiger partial charge on any atom is -0.467 e. The van der Waals surface area contributed by atoms with Gasteiger partial charge in [-0.05, 0) is 49.3 Å². The van der Waals surface area contributed by atoms with E-state index in [4.69, 9.17) is 4.74 Å². The highest BCUT2D eigenvalue weighted by molar-refractivity contribution is 5.90. The highest BCUT2D eigenvalue weighted by Crippen LogP contribution is 2.36. The van der Waals surface area contributed by atoms with Gasteiger partial charge in [0.05, 0.1) is 7.11 Å². The number of benzene rings is 1. The smallest absolute Gasteiger partial charge is 0.328 e. The molecule has 2 N–H and O–H groups in total. The van der Waals surface area contributed by atoms with E-state index in [-0.39, 0.29) is 43.3 Å². The number of hydrogen-bond donors (Lipinski definition) is 2. The molecule has 2 fully saturated rings. The average Bonchev–Trinajstić information content (AvgIpc) is 3.50. The molecule has 0 aromatic heterocycles. The molecule has 7 nitrogen and oxygen atoms in total. The van der Waals surface area contributed by atoms with Gasteiger partial charge in [0.25, 0.3) is 0 Å². The molecule has 1 saturated carbocycles. The third kappa shape index (κ3) is 7.61. The van der Waals surface area contributed by atoms with Gasteiger partial charge >= 0.3 is 5.97 Å². The molecule has 1 aliphatic carbocycles. The predicted molar refractivity (Wildman–Crippen MR) is 115 cm³/mol. The molecule has 180 valence electrons. The Hall–Kier alpha value is -2.84. The van der Waals surface area contributed by atoms with Crippen LogP contribution in [0.3, 0.4) is 0 Å². The lowest BCUT2D eigenvalue weighted by atomic mass is 9.92. The third-order valence-electron chi connectivity index (χ3n) is 6.26. The van der Waals surface area contributed by atoms with Gasteiger partial charge in [-0.2, -0.15) is 0 Å². The van der Waals surface area contributed by atoms with Crippen LogP contribution in [-0.4, -0.2) is 43.3 Å². The molecule has 3 atom stereocenters. The summed E-state index contributed by atoms with van der Waals surface area (Å²) in [6, 6.07) is 2.17. The Bertz CT molecular complexity index is 883. The normalized spacial score (nSPS) is 19.5. The van der Waals surface area contributed by atoms with Crippen LogP contribution in [0.5, 0.6) is 0 Å². The minimum atomic E-state index is -0.969. The molecule has 1 saturated heterocycles. The molecule has 33 heavy (non-hydrogen) atoms. The van der Waals surface area contributed by atoms with Crippen LogP contribution in [0.4, 0.5) is 8.78 Å². The van der Waals surface area contributed by atoms with Gasteiger partial charge in [0.15, 0.2) is 0 Å². The Kier molecular flexibility index (Phi) is 8.52. The minimum absolute atomic E-state index is 0.0159. The second kappa shape index (κ2) is 11.3. The van der Waals surface area contributed by atoms with Crippen molar-refractivity contribution in [2.75, 3.05) is 13.7 Å². The number of Topliss-reactive ketones (excluding diaryl/α,β-unsaturated/α-hetero) is 1. The predicted octanol–water partition coefficient (Wildman–Crippen LogP) is 2.46. The van der Waals surface area contributed by atoms with Crippen molar-refractivity contribution in [1.82, 2.24) is 10.6 Å². The lowest BCUT2D eigenvalue weighted by Crippen LogP contribution is -2.46. The van der Waals surface area contributed by atoms with Crippen LogP contribution in [-0.2, 0) is 30.3 Å². The quantitative estimate of drug-likeness (QED) is 0.463. The lowest BCUT2D eigenvalue weighted by molar-refractivity contribution is -0.146. The van der Waals surface area contributed by atoms with Gasteiger partial charge in [0.2, 0.25) is 11.8 Å². The number of carbonyl (C=O) groups excluding carboxylic acids is 4. The molecule has 0 unspecified atom stereocenters. The number of rotatable bonds is 12. The number of amides is 2. The average molecular weight is 465 g/mol. The summed E-state index contributed by atoms with van der Waals surface area (Å²) in [4.78, 5) is 49.8. The standard InChI is InChI=1S/C24H30F2N2O5/c1-33-24(32)21(12-16-6-7-27-22(16)30)28-23(31)17(8-14-2-3-14)11-20(29)5-4-15-9-18(25)13-19(26)10-15/h9-10,13-14,16-17,21H,2-8,11-12H2,1H3,(H,27,30)(H,28,31)/t16-,17+,21-/m0/s1. The summed E-state index contributed by atoms with van der Waals surface area (Å²) in [5, 5.41) is 5.41. The maximum atomic E-state index is 13.4. The van der Waals surface area contributed by atoms with Crippen LogP contribution in [0.2, 0.25) is 0 Å². The first-order valence-corrected chi connectivity index (χ1v) is 11.4. The monoisotopic (exact) mass is 464 g/mol. The van der Waals surface area contributed by atoms with Gasteiger partial charge in [0.1, 0.15) is 23.5 Å². The van der Waals surface area contributed by atoms with Crippen LogP contribution in [0.25, 0.3) is 0 Å². The number of nitrogens with one attached hydrogen (secondary N) is 2. The van der Waals surface area contributed by atoms with Crippen molar-refractivity contribution in [3.8, 4) is 0 Å². The molecule has 1 aromatic carbocycles. The molecule has 0 bridgehead atoms. The van der Waals surface area contributed by atoms with E-state index in [2.05, 4.69) is 10.6 Å². The Morgan fingerprint density at radius 1 is 1.12 bits per heavy atom. The first kappa shape index (κ1) is 24.8. The summed E-state index contributed by atoms with van der Waals surface area (Å²) in [6.07, 6.45) is 3.44. The Morgan fingerprint density at radius 2 is 1.82 bits per heavy atom. The molecule has 1 heterocycles. The molecule has 1 aliphatic heterocycles. The molecule has 0 radical (unpaired) electrons. The summed E-state index contributed by atoms with van der Waals surface area (Å²) < 4.78 is 31.5. The van der Waals surface area contributed by atoms with Crippen molar-refractivity contribution in [2.45, 2.75) is 57.4 Å². The fourth-order valence-electron chi connectivity index (χ4n) is 4.26. The van der Waals surface area contributed by atoms with E-state index in [0.29, 0.717) is 30.9 Å². The van der Waals surface area contributed by atoms with E-state index >= 15 is 0 Å². The van der Waals surface area contributed by atoms with Crippen LogP contribution in [0.15, 0.2) is 18.2 Å².